The van der Waals surface area contributed by atoms with E-state index in [0.717, 1.165) is 17.7 Å². The zero-order valence-electron chi connectivity index (χ0n) is 17.6. The number of nitrogens with one attached hydrogen (secondary N) is 2. The number of rotatable bonds is 8. The molecule has 7 heteroatoms. The summed E-state index contributed by atoms with van der Waals surface area (Å²) < 4.78 is 13.4. The van der Waals surface area contributed by atoms with Crippen molar-refractivity contribution in [1.82, 2.24) is 20.4 Å². The number of guanidine groups is 1. The lowest BCUT2D eigenvalue weighted by molar-refractivity contribution is 0.0951. The van der Waals surface area contributed by atoms with E-state index < -0.39 is 0 Å². The van der Waals surface area contributed by atoms with Gasteiger partial charge in [0, 0.05) is 45.8 Å². The minimum Gasteiger partial charge on any atom is -0.352 e. The van der Waals surface area contributed by atoms with E-state index in [4.69, 9.17) is 0 Å². The van der Waals surface area contributed by atoms with Gasteiger partial charge in [0.2, 0.25) is 0 Å². The van der Waals surface area contributed by atoms with Crippen molar-refractivity contribution >= 4 is 11.9 Å². The van der Waals surface area contributed by atoms with E-state index in [2.05, 4.69) is 15.6 Å². The highest BCUT2D eigenvalue weighted by molar-refractivity contribution is 5.94. The first kappa shape index (κ1) is 22.4. The summed E-state index contributed by atoms with van der Waals surface area (Å²) in [6.45, 7) is 2.46. The highest BCUT2D eigenvalue weighted by Gasteiger charge is 2.09. The van der Waals surface area contributed by atoms with Crippen LogP contribution in [0.5, 0.6) is 0 Å². The maximum atomic E-state index is 13.4. The molecule has 2 N–H and O–H groups in total. The Hall–Kier alpha value is -2.93. The van der Waals surface area contributed by atoms with Crippen LogP contribution in [0.1, 0.15) is 21.5 Å². The number of benzene rings is 2. The van der Waals surface area contributed by atoms with Crippen LogP contribution < -0.4 is 10.6 Å². The largest absolute Gasteiger partial charge is 0.352 e. The van der Waals surface area contributed by atoms with Gasteiger partial charge in [-0.25, -0.2) is 4.39 Å². The van der Waals surface area contributed by atoms with E-state index in [-0.39, 0.29) is 11.7 Å². The number of aliphatic imine (C=N–C) groups is 1. The van der Waals surface area contributed by atoms with Crippen LogP contribution >= 0.6 is 0 Å². The molecule has 0 saturated heterocycles. The monoisotopic (exact) mass is 399 g/mol. The first-order valence-electron chi connectivity index (χ1n) is 9.57. The lowest BCUT2D eigenvalue weighted by Crippen LogP contribution is -2.38. The average molecular weight is 400 g/mol. The Morgan fingerprint density at radius 1 is 1.03 bits per heavy atom. The van der Waals surface area contributed by atoms with E-state index in [1.807, 2.05) is 55.2 Å². The molecule has 0 atom stereocenters. The summed E-state index contributed by atoms with van der Waals surface area (Å²) in [5.41, 5.74) is 2.48. The van der Waals surface area contributed by atoms with Crippen molar-refractivity contribution in [3.8, 4) is 0 Å². The van der Waals surface area contributed by atoms with E-state index in [1.165, 1.54) is 12.1 Å². The van der Waals surface area contributed by atoms with Crippen molar-refractivity contribution in [1.29, 1.82) is 0 Å². The van der Waals surface area contributed by atoms with Crippen LogP contribution in [0.15, 0.2) is 53.5 Å². The van der Waals surface area contributed by atoms with Gasteiger partial charge in [-0.2, -0.15) is 0 Å². The quantitative estimate of drug-likeness (QED) is 0.528. The third kappa shape index (κ3) is 7.54. The minimum atomic E-state index is -0.250. The molecule has 0 saturated carbocycles. The predicted molar refractivity (Wildman–Crippen MR) is 115 cm³/mol. The van der Waals surface area contributed by atoms with E-state index in [9.17, 15) is 9.18 Å². The van der Waals surface area contributed by atoms with Crippen LogP contribution in [0.2, 0.25) is 0 Å². The predicted octanol–water partition coefficient (Wildman–Crippen LogP) is 2.32. The van der Waals surface area contributed by atoms with Crippen molar-refractivity contribution in [2.75, 3.05) is 41.3 Å². The zero-order valence-corrected chi connectivity index (χ0v) is 17.6. The topological polar surface area (TPSA) is 60.0 Å². The smallest absolute Gasteiger partial charge is 0.251 e. The summed E-state index contributed by atoms with van der Waals surface area (Å²) in [5, 5.41) is 6.21. The summed E-state index contributed by atoms with van der Waals surface area (Å²) in [4.78, 5) is 20.5. The van der Waals surface area contributed by atoms with Crippen molar-refractivity contribution in [3.63, 3.8) is 0 Å². The summed E-state index contributed by atoms with van der Waals surface area (Å²) >= 11 is 0. The Morgan fingerprint density at radius 2 is 1.76 bits per heavy atom. The Morgan fingerprint density at radius 3 is 2.45 bits per heavy atom. The standard InChI is InChI=1S/C22H30FN5O/c1-24-22(28(4)16-18-8-6-10-20(23)14-18)26-15-17-7-5-9-19(13-17)21(29)25-11-12-27(2)3/h5-10,13-14H,11-12,15-16H2,1-4H3,(H,24,26)(H,25,29). The van der Waals surface area contributed by atoms with Gasteiger partial charge < -0.3 is 20.4 Å². The van der Waals surface area contributed by atoms with Crippen LogP contribution in [-0.2, 0) is 13.1 Å². The molecule has 0 aliphatic carbocycles. The first-order chi connectivity index (χ1) is 13.9. The number of likely N-dealkylation sites (N-methyl/N-ethyl adjacent to an activating group) is 1. The molecule has 29 heavy (non-hydrogen) atoms. The van der Waals surface area contributed by atoms with Gasteiger partial charge in [0.1, 0.15) is 5.82 Å². The number of halogens is 1. The molecule has 0 unspecified atom stereocenters. The van der Waals surface area contributed by atoms with Gasteiger partial charge in [0.05, 0.1) is 0 Å². The van der Waals surface area contributed by atoms with Crippen LogP contribution in [-0.4, -0.2) is 62.9 Å². The molecule has 0 bridgehead atoms. The van der Waals surface area contributed by atoms with Crippen LogP contribution in [0.25, 0.3) is 0 Å². The number of carbonyl (C=O) groups excluding carboxylic acids is 1. The van der Waals surface area contributed by atoms with Crippen molar-refractivity contribution in [2.24, 2.45) is 4.99 Å². The molecule has 0 aliphatic rings. The fraction of sp³-hybridized carbons (Fsp3) is 0.364. The maximum absolute atomic E-state index is 13.4. The number of nitrogens with zero attached hydrogens (tertiary/aromatic N) is 3. The lowest BCUT2D eigenvalue weighted by Gasteiger charge is -2.22. The number of hydrogen-bond donors (Lipinski definition) is 2. The highest BCUT2D eigenvalue weighted by atomic mass is 19.1. The molecular weight excluding hydrogens is 369 g/mol. The van der Waals surface area contributed by atoms with Crippen molar-refractivity contribution in [2.45, 2.75) is 13.1 Å². The van der Waals surface area contributed by atoms with Gasteiger partial charge in [0.15, 0.2) is 5.96 Å². The maximum Gasteiger partial charge on any atom is 0.251 e. The molecule has 0 radical (unpaired) electrons. The van der Waals surface area contributed by atoms with Crippen LogP contribution in [0.4, 0.5) is 4.39 Å². The average Bonchev–Trinajstić information content (AvgIpc) is 2.68. The fourth-order valence-electron chi connectivity index (χ4n) is 2.87. The van der Waals surface area contributed by atoms with Gasteiger partial charge in [-0.05, 0) is 49.5 Å². The SMILES string of the molecule is CN=C(NCc1cccc(C(=O)NCCN(C)C)c1)N(C)Cc1cccc(F)c1. The molecule has 0 aliphatic heterocycles. The molecule has 2 aromatic carbocycles. The zero-order chi connectivity index (χ0) is 21.2. The summed E-state index contributed by atoms with van der Waals surface area (Å²) in [6.07, 6.45) is 0. The summed E-state index contributed by atoms with van der Waals surface area (Å²) in [6, 6.07) is 14.0. The molecule has 0 heterocycles. The molecule has 6 nitrogen and oxygen atoms in total. The summed E-state index contributed by atoms with van der Waals surface area (Å²) in [5.74, 6) is 0.357. The van der Waals surface area contributed by atoms with E-state index in [1.54, 1.807) is 19.2 Å². The molecular formula is C22H30FN5O. The molecule has 0 spiro atoms. The normalized spacial score (nSPS) is 11.4. The molecule has 156 valence electrons. The minimum absolute atomic E-state index is 0.0821. The van der Waals surface area contributed by atoms with Crippen LogP contribution in [0.3, 0.4) is 0 Å². The van der Waals surface area contributed by atoms with Crippen molar-refractivity contribution in [3.05, 3.63) is 71.0 Å². The Kier molecular flexibility index (Phi) is 8.61. The van der Waals surface area contributed by atoms with Gasteiger partial charge in [-0.1, -0.05) is 24.3 Å². The molecule has 2 aromatic rings. The second-order valence-corrected chi connectivity index (χ2v) is 7.15. The second kappa shape index (κ2) is 11.2. The van der Waals surface area contributed by atoms with Gasteiger partial charge in [-0.15, -0.1) is 0 Å². The number of carbonyl (C=O) groups is 1. The van der Waals surface area contributed by atoms with Gasteiger partial charge >= 0.3 is 0 Å². The Balaban J connectivity index is 1.92. The fourth-order valence-corrected chi connectivity index (χ4v) is 2.87. The van der Waals surface area contributed by atoms with Crippen molar-refractivity contribution < 1.29 is 9.18 Å². The number of hydrogen-bond acceptors (Lipinski definition) is 3. The third-order valence-corrected chi connectivity index (χ3v) is 4.37. The number of amides is 1. The molecule has 0 aromatic heterocycles. The van der Waals surface area contributed by atoms with E-state index in [0.29, 0.717) is 31.2 Å². The third-order valence-electron chi connectivity index (χ3n) is 4.37. The van der Waals surface area contributed by atoms with Gasteiger partial charge in [-0.3, -0.25) is 9.79 Å². The second-order valence-electron chi connectivity index (χ2n) is 7.15. The van der Waals surface area contributed by atoms with Crippen LogP contribution in [0, 0.1) is 5.82 Å². The lowest BCUT2D eigenvalue weighted by atomic mass is 10.1. The Labute approximate surface area is 172 Å². The molecule has 0 fully saturated rings. The molecule has 1 amide bonds. The van der Waals surface area contributed by atoms with Gasteiger partial charge in [0.25, 0.3) is 5.91 Å². The molecule has 2 rings (SSSR count). The summed E-state index contributed by atoms with van der Waals surface area (Å²) in [7, 11) is 7.54. The van der Waals surface area contributed by atoms with E-state index >= 15 is 0 Å². The highest BCUT2D eigenvalue weighted by Crippen LogP contribution is 2.08. The Bertz CT molecular complexity index is 837. The first-order valence-corrected chi connectivity index (χ1v) is 9.57.